The lowest BCUT2D eigenvalue weighted by Gasteiger charge is -2.08. The van der Waals surface area contributed by atoms with Crippen molar-refractivity contribution in [3.05, 3.63) is 100 Å². The minimum atomic E-state index is -0.355. The van der Waals surface area contributed by atoms with E-state index in [-0.39, 0.29) is 23.8 Å². The van der Waals surface area contributed by atoms with Crippen LogP contribution >= 0.6 is 0 Å². The van der Waals surface area contributed by atoms with E-state index >= 15 is 0 Å². The number of carbonyl (C=O) groups excluding carboxylic acids is 1. The Morgan fingerprint density at radius 2 is 1.81 bits per heavy atom. The van der Waals surface area contributed by atoms with Crippen LogP contribution in [0.5, 0.6) is 0 Å². The van der Waals surface area contributed by atoms with Crippen molar-refractivity contribution < 1.29 is 9.21 Å². The normalized spacial score (nSPS) is 14.0. The van der Waals surface area contributed by atoms with Gasteiger partial charge in [-0.25, -0.2) is 4.68 Å². The molecule has 0 aliphatic heterocycles. The highest BCUT2D eigenvalue weighted by Crippen LogP contribution is 2.35. The summed E-state index contributed by atoms with van der Waals surface area (Å²) in [6, 6.07) is 20.0. The predicted molar refractivity (Wildman–Crippen MR) is 121 cm³/mol. The van der Waals surface area contributed by atoms with E-state index in [1.165, 1.54) is 23.5 Å². The molecule has 0 unspecified atom stereocenters. The van der Waals surface area contributed by atoms with Crippen LogP contribution in [0.1, 0.15) is 53.6 Å². The fourth-order valence-corrected chi connectivity index (χ4v) is 4.20. The number of pyridine rings is 1. The number of hydrogen-bond donors (Lipinski definition) is 1. The summed E-state index contributed by atoms with van der Waals surface area (Å²) >= 11 is 0. The summed E-state index contributed by atoms with van der Waals surface area (Å²) in [7, 11) is 0. The van der Waals surface area contributed by atoms with Gasteiger partial charge in [0.15, 0.2) is 5.76 Å². The topological polar surface area (TPSA) is 82.1 Å². The average molecular weight is 428 g/mol. The number of rotatable bonds is 6. The van der Waals surface area contributed by atoms with Crippen molar-refractivity contribution in [2.45, 2.75) is 38.1 Å². The summed E-state index contributed by atoms with van der Waals surface area (Å²) in [5, 5.41) is 7.77. The zero-order valence-corrected chi connectivity index (χ0v) is 17.6. The number of aromatic nitrogens is 3. The van der Waals surface area contributed by atoms with E-state index in [1.807, 2.05) is 36.4 Å². The van der Waals surface area contributed by atoms with Crippen molar-refractivity contribution in [1.82, 2.24) is 14.3 Å². The van der Waals surface area contributed by atoms with E-state index < -0.39 is 0 Å². The van der Waals surface area contributed by atoms with Crippen LogP contribution in [0, 0.1) is 0 Å². The number of nitrogens with one attached hydrogen (secondary N) is 1. The number of nitrogens with zero attached hydrogens (tertiary/aromatic N) is 3. The molecule has 7 nitrogen and oxygen atoms in total. The van der Waals surface area contributed by atoms with Gasteiger partial charge in [-0.3, -0.25) is 9.59 Å². The average Bonchev–Trinajstić information content (AvgIpc) is 3.57. The number of furan rings is 1. The molecule has 3 aromatic heterocycles. The molecule has 1 fully saturated rings. The maximum Gasteiger partial charge on any atom is 0.292 e. The van der Waals surface area contributed by atoms with Gasteiger partial charge in [0.2, 0.25) is 0 Å². The smallest absolute Gasteiger partial charge is 0.292 e. The molecule has 1 aliphatic carbocycles. The van der Waals surface area contributed by atoms with Crippen molar-refractivity contribution in [1.29, 1.82) is 0 Å². The van der Waals surface area contributed by atoms with E-state index in [0.717, 1.165) is 24.2 Å². The van der Waals surface area contributed by atoms with Crippen LogP contribution in [0.3, 0.4) is 0 Å². The lowest BCUT2D eigenvalue weighted by atomic mass is 10.0. The molecular weight excluding hydrogens is 404 g/mol. The summed E-state index contributed by atoms with van der Waals surface area (Å²) in [6.45, 7) is 0.265. The van der Waals surface area contributed by atoms with Crippen LogP contribution in [-0.4, -0.2) is 20.3 Å². The molecule has 3 heterocycles. The van der Waals surface area contributed by atoms with E-state index in [4.69, 9.17) is 9.52 Å². The first kappa shape index (κ1) is 20.1. The first-order valence-electron chi connectivity index (χ1n) is 10.9. The number of carbonyl (C=O) groups is 1. The number of benzene rings is 1. The third-order valence-corrected chi connectivity index (χ3v) is 5.85. The van der Waals surface area contributed by atoms with Gasteiger partial charge in [-0.1, -0.05) is 37.1 Å². The van der Waals surface area contributed by atoms with Gasteiger partial charge in [-0.05, 0) is 43.2 Å². The second-order valence-corrected chi connectivity index (χ2v) is 8.07. The van der Waals surface area contributed by atoms with Crippen molar-refractivity contribution >= 4 is 11.7 Å². The molecule has 1 aliphatic rings. The monoisotopic (exact) mass is 428 g/mol. The highest BCUT2D eigenvalue weighted by Gasteiger charge is 2.23. The molecule has 0 atom stereocenters. The van der Waals surface area contributed by atoms with Gasteiger partial charge >= 0.3 is 0 Å². The molecule has 1 aromatic carbocycles. The Hall–Kier alpha value is -3.87. The second-order valence-electron chi connectivity index (χ2n) is 8.07. The molecule has 4 aromatic rings. The maximum atomic E-state index is 12.9. The van der Waals surface area contributed by atoms with Gasteiger partial charge in [-0.2, -0.15) is 5.10 Å². The highest BCUT2D eigenvalue weighted by atomic mass is 16.4. The summed E-state index contributed by atoms with van der Waals surface area (Å²) in [5.41, 5.74) is 1.77. The molecule has 0 spiro atoms. The van der Waals surface area contributed by atoms with E-state index in [2.05, 4.69) is 5.32 Å². The van der Waals surface area contributed by atoms with E-state index in [9.17, 15) is 9.59 Å². The van der Waals surface area contributed by atoms with E-state index in [1.54, 1.807) is 35.1 Å². The largest absolute Gasteiger partial charge is 0.454 e. The van der Waals surface area contributed by atoms with E-state index in [0.29, 0.717) is 17.5 Å². The van der Waals surface area contributed by atoms with Crippen LogP contribution in [-0.2, 0) is 6.54 Å². The molecule has 5 rings (SSSR count). The summed E-state index contributed by atoms with van der Waals surface area (Å²) < 4.78 is 9.03. The molecule has 1 saturated carbocycles. The lowest BCUT2D eigenvalue weighted by Crippen LogP contribution is -2.18. The molecule has 0 bridgehead atoms. The molecular formula is C25H24N4O3. The number of anilines is 1. The van der Waals surface area contributed by atoms with Crippen LogP contribution in [0.15, 0.2) is 82.1 Å². The third kappa shape index (κ3) is 4.14. The van der Waals surface area contributed by atoms with Gasteiger partial charge in [0.05, 0.1) is 17.9 Å². The van der Waals surface area contributed by atoms with Gasteiger partial charge in [0.1, 0.15) is 11.6 Å². The first-order valence-corrected chi connectivity index (χ1v) is 10.9. The van der Waals surface area contributed by atoms with Gasteiger partial charge in [0, 0.05) is 24.2 Å². The molecule has 0 saturated heterocycles. The Labute approximate surface area is 185 Å². The standard InChI is InChI=1S/C25H24N4O3/c30-24-12-6-7-15-28(24)17-20-13-14-22(32-20)25(31)26-23-16-21(18-8-4-5-9-18)27-29(23)19-10-2-1-3-11-19/h1-3,6-7,10-16,18H,4-5,8-9,17H2,(H,26,31). The molecule has 162 valence electrons. The molecule has 32 heavy (non-hydrogen) atoms. The molecule has 1 amide bonds. The van der Waals surface area contributed by atoms with Crippen molar-refractivity contribution in [3.63, 3.8) is 0 Å². The lowest BCUT2D eigenvalue weighted by molar-refractivity contribution is 0.0994. The Bertz CT molecular complexity index is 1280. The Morgan fingerprint density at radius 1 is 1.03 bits per heavy atom. The number of hydrogen-bond acceptors (Lipinski definition) is 4. The fourth-order valence-electron chi connectivity index (χ4n) is 4.20. The van der Waals surface area contributed by atoms with Crippen LogP contribution in [0.4, 0.5) is 5.82 Å². The minimum absolute atomic E-state index is 0.124. The Balaban J connectivity index is 1.39. The third-order valence-electron chi connectivity index (χ3n) is 5.85. The minimum Gasteiger partial charge on any atom is -0.454 e. The van der Waals surface area contributed by atoms with Crippen LogP contribution < -0.4 is 10.9 Å². The zero-order chi connectivity index (χ0) is 21.9. The van der Waals surface area contributed by atoms with Crippen molar-refractivity contribution in [2.24, 2.45) is 0 Å². The second kappa shape index (κ2) is 8.70. The highest BCUT2D eigenvalue weighted by molar-refractivity contribution is 6.02. The summed E-state index contributed by atoms with van der Waals surface area (Å²) in [6.07, 6.45) is 6.36. The number of amides is 1. The van der Waals surface area contributed by atoms with Crippen LogP contribution in [0.2, 0.25) is 0 Å². The summed E-state index contributed by atoms with van der Waals surface area (Å²) in [4.78, 5) is 24.9. The van der Waals surface area contributed by atoms with Gasteiger partial charge in [0.25, 0.3) is 11.5 Å². The molecule has 7 heteroatoms. The van der Waals surface area contributed by atoms with Crippen molar-refractivity contribution in [2.75, 3.05) is 5.32 Å². The maximum absolute atomic E-state index is 12.9. The van der Waals surface area contributed by atoms with Crippen LogP contribution in [0.25, 0.3) is 5.69 Å². The zero-order valence-electron chi connectivity index (χ0n) is 17.6. The van der Waals surface area contributed by atoms with Crippen molar-refractivity contribution in [3.8, 4) is 5.69 Å². The van der Waals surface area contributed by atoms with Gasteiger partial charge in [-0.15, -0.1) is 0 Å². The fraction of sp³-hybridized carbons (Fsp3) is 0.240. The quantitative estimate of drug-likeness (QED) is 0.487. The Kier molecular flexibility index (Phi) is 5.46. The SMILES string of the molecule is O=C(Nc1cc(C2CCCC2)nn1-c1ccccc1)c1ccc(Cn2ccccc2=O)o1. The molecule has 0 radical (unpaired) electrons. The number of para-hydroxylation sites is 1. The Morgan fingerprint density at radius 3 is 2.59 bits per heavy atom. The molecule has 1 N–H and O–H groups in total. The summed E-state index contributed by atoms with van der Waals surface area (Å²) in [5.74, 6) is 1.40. The van der Waals surface area contributed by atoms with Gasteiger partial charge < -0.3 is 14.3 Å². The first-order chi connectivity index (χ1) is 15.7. The predicted octanol–water partition coefficient (Wildman–Crippen LogP) is 4.59.